The standard InChI is InChI=1S/C21H36O3SSi.C15H27NOSSi/c1-17(2)14-20(25(22,23)19-12-10-9-11-13-19)15-18(3)16-24-26(7,8)21(4,5)6;1-11(9-14-10-18-13(3)16-14)12(2)17-19(7,8)15(4,5)6/h9-13,18,20H,1,14-16H2,2-8H3;9-10,12H,1-8H3/b;11-9+/t18-,20?;12-/m00/s1. The number of aromatic nitrogens is 1. The van der Waals surface area contributed by atoms with Crippen molar-refractivity contribution in [2.24, 2.45) is 5.92 Å². The Bertz CT molecular complexity index is 1350. The maximum Gasteiger partial charge on any atom is 0.192 e. The van der Waals surface area contributed by atoms with Gasteiger partial charge in [0.1, 0.15) is 0 Å². The second-order valence-corrected chi connectivity index (χ2v) is 28.6. The molecule has 0 bridgehead atoms. The van der Waals surface area contributed by atoms with Crippen LogP contribution in [-0.4, -0.2) is 48.0 Å². The molecule has 2 aromatic rings. The van der Waals surface area contributed by atoms with Gasteiger partial charge in [-0.15, -0.1) is 17.9 Å². The molecule has 0 aliphatic carbocycles. The molecule has 0 amide bonds. The van der Waals surface area contributed by atoms with Gasteiger partial charge in [-0.1, -0.05) is 72.2 Å². The molecule has 9 heteroatoms. The number of thiazole rings is 1. The number of sulfone groups is 1. The van der Waals surface area contributed by atoms with E-state index in [4.69, 9.17) is 8.85 Å². The Kier molecular flexibility index (Phi) is 15.4. The fourth-order valence-electron chi connectivity index (χ4n) is 4.10. The van der Waals surface area contributed by atoms with Crippen molar-refractivity contribution in [3.8, 4) is 0 Å². The summed E-state index contributed by atoms with van der Waals surface area (Å²) >= 11 is 1.69. The minimum absolute atomic E-state index is 0.153. The zero-order valence-corrected chi connectivity index (χ0v) is 34.6. The first-order valence-electron chi connectivity index (χ1n) is 16.2. The lowest BCUT2D eigenvalue weighted by Crippen LogP contribution is -2.43. The molecular formula is C36H63NO4S2Si2. The Hall–Kier alpha value is -1.37. The lowest BCUT2D eigenvalue weighted by atomic mass is 10.0. The molecule has 0 fully saturated rings. The maximum absolute atomic E-state index is 13.1. The first-order valence-corrected chi connectivity index (χ1v) is 24.4. The number of hydrogen-bond acceptors (Lipinski definition) is 6. The van der Waals surface area contributed by atoms with Crippen LogP contribution in [0.15, 0.2) is 58.3 Å². The third kappa shape index (κ3) is 13.3. The zero-order valence-electron chi connectivity index (χ0n) is 31.0. The number of rotatable bonds is 13. The second kappa shape index (κ2) is 16.6. The van der Waals surface area contributed by atoms with Crippen LogP contribution in [0.25, 0.3) is 6.08 Å². The summed E-state index contributed by atoms with van der Waals surface area (Å²) < 4.78 is 38.9. The van der Waals surface area contributed by atoms with Gasteiger partial charge < -0.3 is 8.85 Å². The lowest BCUT2D eigenvalue weighted by Gasteiger charge is -2.38. The van der Waals surface area contributed by atoms with Gasteiger partial charge in [0, 0.05) is 12.0 Å². The smallest absolute Gasteiger partial charge is 0.192 e. The van der Waals surface area contributed by atoms with Gasteiger partial charge in [-0.05, 0) is 107 Å². The van der Waals surface area contributed by atoms with Crippen LogP contribution in [0.2, 0.25) is 36.3 Å². The van der Waals surface area contributed by atoms with Crippen LogP contribution in [0.5, 0.6) is 0 Å². The van der Waals surface area contributed by atoms with Crippen LogP contribution in [-0.2, 0) is 18.7 Å². The Morgan fingerprint density at radius 2 is 1.51 bits per heavy atom. The van der Waals surface area contributed by atoms with E-state index in [0.29, 0.717) is 24.3 Å². The first-order chi connectivity index (χ1) is 20.3. The van der Waals surface area contributed by atoms with Crippen LogP contribution in [0.4, 0.5) is 0 Å². The Balaban J connectivity index is 0.000000472. The van der Waals surface area contributed by atoms with Gasteiger partial charge in [-0.3, -0.25) is 0 Å². The second-order valence-electron chi connectivity index (χ2n) is 15.8. The van der Waals surface area contributed by atoms with Gasteiger partial charge in [0.2, 0.25) is 0 Å². The summed E-state index contributed by atoms with van der Waals surface area (Å²) in [7, 11) is -6.91. The monoisotopic (exact) mass is 693 g/mol. The summed E-state index contributed by atoms with van der Waals surface area (Å²) in [4.78, 5) is 4.87. The molecule has 0 spiro atoms. The van der Waals surface area contributed by atoms with Crippen molar-refractivity contribution in [2.45, 2.75) is 142 Å². The molecule has 0 aliphatic rings. The molecule has 0 aliphatic heterocycles. The van der Waals surface area contributed by atoms with E-state index in [2.05, 4.69) is 112 Å². The van der Waals surface area contributed by atoms with E-state index in [9.17, 15) is 8.42 Å². The number of nitrogens with zero attached hydrogens (tertiary/aromatic N) is 1. The number of hydrogen-bond donors (Lipinski definition) is 0. The number of aryl methyl sites for hydroxylation is 1. The van der Waals surface area contributed by atoms with Crippen molar-refractivity contribution < 1.29 is 17.3 Å². The molecule has 2 rings (SSSR count). The number of allylic oxidation sites excluding steroid dienone is 1. The Morgan fingerprint density at radius 3 is 1.96 bits per heavy atom. The molecule has 1 aromatic heterocycles. The summed E-state index contributed by atoms with van der Waals surface area (Å²) in [6.07, 6.45) is 3.37. The van der Waals surface area contributed by atoms with Gasteiger partial charge in [0.15, 0.2) is 26.5 Å². The van der Waals surface area contributed by atoms with Crippen LogP contribution in [0, 0.1) is 12.8 Å². The van der Waals surface area contributed by atoms with Crippen LogP contribution in [0.3, 0.4) is 0 Å². The molecule has 0 saturated carbocycles. The molecule has 0 saturated heterocycles. The summed E-state index contributed by atoms with van der Waals surface area (Å²) in [5, 5.41) is 3.15. The molecule has 5 nitrogen and oxygen atoms in total. The highest BCUT2D eigenvalue weighted by Gasteiger charge is 2.39. The maximum atomic E-state index is 13.1. The minimum atomic E-state index is -3.38. The molecule has 0 N–H and O–H groups in total. The highest BCUT2D eigenvalue weighted by atomic mass is 32.2. The van der Waals surface area contributed by atoms with Crippen LogP contribution < -0.4 is 0 Å². The zero-order chi connectivity index (χ0) is 35.0. The first kappa shape index (κ1) is 41.7. The van der Waals surface area contributed by atoms with E-state index >= 15 is 0 Å². The Morgan fingerprint density at radius 1 is 0.978 bits per heavy atom. The number of benzene rings is 1. The predicted molar refractivity (Wildman–Crippen MR) is 202 cm³/mol. The van der Waals surface area contributed by atoms with E-state index in [0.717, 1.165) is 16.3 Å². The summed E-state index contributed by atoms with van der Waals surface area (Å²) in [6, 6.07) is 8.74. The van der Waals surface area contributed by atoms with Crippen molar-refractivity contribution in [3.05, 3.63) is 64.1 Å². The third-order valence-electron chi connectivity index (χ3n) is 9.22. The lowest BCUT2D eigenvalue weighted by molar-refractivity contribution is 0.229. The van der Waals surface area contributed by atoms with Gasteiger partial charge >= 0.3 is 0 Å². The molecule has 3 atom stereocenters. The Labute approximate surface area is 283 Å². The van der Waals surface area contributed by atoms with E-state index < -0.39 is 31.7 Å². The highest BCUT2D eigenvalue weighted by molar-refractivity contribution is 7.92. The SMILES string of the molecule is C/C(=C\c1csc(C)n1)[C@H](C)O[Si](C)(C)C(C)(C)C.C=C(C)CC(C[C@H](C)CO[Si](C)(C)C(C)(C)C)S(=O)(=O)c1ccccc1. The van der Waals surface area contributed by atoms with Gasteiger partial charge in [0.25, 0.3) is 0 Å². The molecule has 1 unspecified atom stereocenters. The van der Waals surface area contributed by atoms with E-state index in [-0.39, 0.29) is 22.1 Å². The van der Waals surface area contributed by atoms with Crippen LogP contribution >= 0.6 is 11.3 Å². The van der Waals surface area contributed by atoms with Crippen molar-refractivity contribution in [3.63, 3.8) is 0 Å². The molecular weight excluding hydrogens is 631 g/mol. The summed E-state index contributed by atoms with van der Waals surface area (Å²) in [5.74, 6) is 0.173. The van der Waals surface area contributed by atoms with Crippen molar-refractivity contribution >= 4 is 43.9 Å². The molecule has 0 radical (unpaired) electrons. The molecule has 1 heterocycles. The quantitative estimate of drug-likeness (QED) is 0.154. The summed E-state index contributed by atoms with van der Waals surface area (Å²) in [6.45, 7) is 37.3. The van der Waals surface area contributed by atoms with Crippen molar-refractivity contribution in [1.82, 2.24) is 4.98 Å². The minimum Gasteiger partial charge on any atom is -0.417 e. The fraction of sp³-hybridized carbons (Fsp3) is 0.639. The van der Waals surface area contributed by atoms with Gasteiger partial charge in [-0.2, -0.15) is 0 Å². The van der Waals surface area contributed by atoms with Crippen molar-refractivity contribution in [2.75, 3.05) is 6.61 Å². The van der Waals surface area contributed by atoms with E-state index in [1.807, 2.05) is 19.9 Å². The van der Waals surface area contributed by atoms with Crippen molar-refractivity contribution in [1.29, 1.82) is 0 Å². The van der Waals surface area contributed by atoms with Gasteiger partial charge in [-0.25, -0.2) is 13.4 Å². The van der Waals surface area contributed by atoms with Gasteiger partial charge in [0.05, 0.1) is 27.0 Å². The normalized spacial score (nSPS) is 15.6. The van der Waals surface area contributed by atoms with E-state index in [1.54, 1.807) is 35.6 Å². The predicted octanol–water partition coefficient (Wildman–Crippen LogP) is 11.1. The fourth-order valence-corrected chi connectivity index (χ4v) is 9.24. The highest BCUT2D eigenvalue weighted by Crippen LogP contribution is 2.39. The average Bonchev–Trinajstić information content (AvgIpc) is 3.30. The summed E-state index contributed by atoms with van der Waals surface area (Å²) in [5.41, 5.74) is 3.19. The average molecular weight is 694 g/mol. The topological polar surface area (TPSA) is 65.5 Å². The molecule has 256 valence electrons. The molecule has 1 aromatic carbocycles. The third-order valence-corrected chi connectivity index (χ3v) is 21.2. The van der Waals surface area contributed by atoms with E-state index in [1.165, 1.54) is 5.57 Å². The van der Waals surface area contributed by atoms with Crippen LogP contribution in [0.1, 0.15) is 92.8 Å². The molecule has 45 heavy (non-hydrogen) atoms. The largest absolute Gasteiger partial charge is 0.417 e.